The monoisotopic (exact) mass is 827 g/mol. The number of phenols is 1. The van der Waals surface area contributed by atoms with Crippen LogP contribution in [-0.2, 0) is 38.1 Å². The normalized spacial score (nSPS) is 17.8. The summed E-state index contributed by atoms with van der Waals surface area (Å²) in [6, 6.07) is 17.4. The number of hydrogen-bond donors (Lipinski definition) is 1. The summed E-state index contributed by atoms with van der Waals surface area (Å²) in [5.74, 6) is 1.61. The molecule has 1 aliphatic rings. The van der Waals surface area contributed by atoms with Crippen LogP contribution in [0.2, 0.25) is 0 Å². The van der Waals surface area contributed by atoms with Crippen molar-refractivity contribution in [2.75, 3.05) is 13.2 Å². The highest BCUT2D eigenvalue weighted by Gasteiger charge is 2.32. The summed E-state index contributed by atoms with van der Waals surface area (Å²) in [6.45, 7) is 30.6. The van der Waals surface area contributed by atoms with Gasteiger partial charge in [-0.25, -0.2) is 0 Å². The molecular weight excluding hydrogens is 745 g/mol. The number of aromatic hydroxyl groups is 1. The Bertz CT molecular complexity index is 1430. The molecule has 336 valence electrons. The van der Waals surface area contributed by atoms with Crippen LogP contribution in [0.1, 0.15) is 178 Å². The smallest absolute Gasteiger partial charge is 0.313 e. The summed E-state index contributed by atoms with van der Waals surface area (Å²) < 4.78 is 28.1. The van der Waals surface area contributed by atoms with Crippen molar-refractivity contribution < 1.29 is 43.2 Å². The van der Waals surface area contributed by atoms with E-state index in [1.165, 1.54) is 5.56 Å². The Labute approximate surface area is 358 Å². The second-order valence-electron chi connectivity index (χ2n) is 18.6. The summed E-state index contributed by atoms with van der Waals surface area (Å²) >= 11 is 0. The Morgan fingerprint density at radius 1 is 0.576 bits per heavy atom. The Kier molecular flexibility index (Phi) is 23.6. The molecule has 0 aromatic heterocycles. The molecule has 59 heavy (non-hydrogen) atoms. The third-order valence-electron chi connectivity index (χ3n) is 12.0. The van der Waals surface area contributed by atoms with Gasteiger partial charge in [0.05, 0.1) is 29.5 Å². The number of ether oxygens (including phenoxy) is 5. The van der Waals surface area contributed by atoms with E-state index < -0.39 is 28.8 Å². The first-order valence-electron chi connectivity index (χ1n) is 22.2. The van der Waals surface area contributed by atoms with E-state index in [0.29, 0.717) is 36.7 Å². The molecule has 0 amide bonds. The van der Waals surface area contributed by atoms with E-state index in [2.05, 4.69) is 27.7 Å². The van der Waals surface area contributed by atoms with Gasteiger partial charge in [0.25, 0.3) is 0 Å². The van der Waals surface area contributed by atoms with Crippen LogP contribution in [0.25, 0.3) is 0 Å². The Morgan fingerprint density at radius 2 is 0.949 bits per heavy atom. The number of hydrogen-bond acceptors (Lipinski definition) is 9. The van der Waals surface area contributed by atoms with Crippen molar-refractivity contribution in [3.05, 3.63) is 65.7 Å². The highest BCUT2D eigenvalue weighted by molar-refractivity contribution is 5.76. The standard InChI is InChI=1S/C24H44O6.C16H24O2.C10H14O/c1-9-23(5,6)21(25)29-17(3)27-15-19-11-13-20(14-12-19)16-28-18(4)30-22(26)24(7,8)10-2;1-6-16(4,5)15(17)18-14(12(2)3)13-10-8-7-9-11-13;1-3-8(2)9-4-6-10(11)7-5-9/h17-20H,9-16H2,1-8H3;7-12,14H,6H2,1-5H3;4-8,11H,3H2,1-2H3. The minimum Gasteiger partial charge on any atom is -0.508 e. The zero-order valence-electron chi connectivity index (χ0n) is 39.5. The molecule has 0 spiro atoms. The molecule has 9 nitrogen and oxygen atoms in total. The molecule has 0 radical (unpaired) electrons. The van der Waals surface area contributed by atoms with Gasteiger partial charge < -0.3 is 28.8 Å². The first kappa shape index (κ1) is 53.6. The van der Waals surface area contributed by atoms with E-state index in [9.17, 15) is 14.4 Å². The fourth-order valence-electron chi connectivity index (χ4n) is 5.77. The van der Waals surface area contributed by atoms with Gasteiger partial charge in [0, 0.05) is 0 Å². The third kappa shape index (κ3) is 19.7. The lowest BCUT2D eigenvalue weighted by Crippen LogP contribution is -2.32. The van der Waals surface area contributed by atoms with Gasteiger partial charge in [0.1, 0.15) is 11.9 Å². The van der Waals surface area contributed by atoms with Crippen molar-refractivity contribution in [3.8, 4) is 5.75 Å². The maximum Gasteiger partial charge on any atom is 0.313 e. The van der Waals surface area contributed by atoms with Crippen LogP contribution >= 0.6 is 0 Å². The molecule has 1 N–H and O–H groups in total. The minimum absolute atomic E-state index is 0.118. The van der Waals surface area contributed by atoms with Crippen LogP contribution in [0.5, 0.6) is 5.75 Å². The molecule has 9 heteroatoms. The fraction of sp³-hybridized carbons (Fsp3) is 0.700. The number of benzene rings is 2. The van der Waals surface area contributed by atoms with Gasteiger partial charge in [-0.2, -0.15) is 0 Å². The molecular formula is C50H82O9. The molecule has 1 fully saturated rings. The second-order valence-corrected chi connectivity index (χ2v) is 18.6. The largest absolute Gasteiger partial charge is 0.508 e. The summed E-state index contributed by atoms with van der Waals surface area (Å²) in [6.07, 6.45) is 6.44. The molecule has 4 unspecified atom stereocenters. The van der Waals surface area contributed by atoms with Crippen LogP contribution in [-0.4, -0.2) is 48.8 Å². The molecule has 3 rings (SSSR count). The van der Waals surface area contributed by atoms with Gasteiger partial charge in [-0.3, -0.25) is 14.4 Å². The first-order chi connectivity index (χ1) is 27.5. The number of esters is 3. The predicted molar refractivity (Wildman–Crippen MR) is 238 cm³/mol. The summed E-state index contributed by atoms with van der Waals surface area (Å²) in [5.41, 5.74) is 0.987. The maximum atomic E-state index is 12.2. The first-order valence-corrected chi connectivity index (χ1v) is 22.2. The zero-order valence-corrected chi connectivity index (χ0v) is 39.5. The lowest BCUT2D eigenvalue weighted by molar-refractivity contribution is -0.190. The maximum absolute atomic E-state index is 12.2. The van der Waals surface area contributed by atoms with Gasteiger partial charge in [0.2, 0.25) is 0 Å². The van der Waals surface area contributed by atoms with Gasteiger partial charge >= 0.3 is 17.9 Å². The van der Waals surface area contributed by atoms with Crippen molar-refractivity contribution >= 4 is 17.9 Å². The van der Waals surface area contributed by atoms with Gasteiger partial charge in [0.15, 0.2) is 12.6 Å². The molecule has 2 aromatic rings. The fourth-order valence-corrected chi connectivity index (χ4v) is 5.77. The van der Waals surface area contributed by atoms with Gasteiger partial charge in [-0.05, 0) is 154 Å². The van der Waals surface area contributed by atoms with Crippen LogP contribution < -0.4 is 0 Å². The average Bonchev–Trinajstić information content (AvgIpc) is 3.22. The van der Waals surface area contributed by atoms with Crippen molar-refractivity contribution in [3.63, 3.8) is 0 Å². The van der Waals surface area contributed by atoms with Crippen LogP contribution in [0.4, 0.5) is 0 Å². The number of rotatable bonds is 19. The van der Waals surface area contributed by atoms with Crippen molar-refractivity contribution in [1.29, 1.82) is 0 Å². The summed E-state index contributed by atoms with van der Waals surface area (Å²) in [5, 5.41) is 9.01. The predicted octanol–water partition coefficient (Wildman–Crippen LogP) is 12.7. The molecule has 4 atom stereocenters. The van der Waals surface area contributed by atoms with Crippen LogP contribution in [0.15, 0.2) is 54.6 Å². The van der Waals surface area contributed by atoms with E-state index >= 15 is 0 Å². The molecule has 2 aromatic carbocycles. The van der Waals surface area contributed by atoms with Crippen LogP contribution in [0, 0.1) is 34.0 Å². The second kappa shape index (κ2) is 26.0. The Hall–Kier alpha value is -3.43. The quantitative estimate of drug-likeness (QED) is 0.0839. The van der Waals surface area contributed by atoms with E-state index in [-0.39, 0.29) is 29.9 Å². The molecule has 1 aliphatic carbocycles. The van der Waals surface area contributed by atoms with Gasteiger partial charge in [-0.1, -0.05) is 90.9 Å². The lowest BCUT2D eigenvalue weighted by Gasteiger charge is -2.30. The molecule has 0 heterocycles. The van der Waals surface area contributed by atoms with Crippen molar-refractivity contribution in [1.82, 2.24) is 0 Å². The number of phenolic OH excluding ortho intramolecular Hbond substituents is 1. The third-order valence-corrected chi connectivity index (χ3v) is 12.0. The molecule has 0 bridgehead atoms. The van der Waals surface area contributed by atoms with Crippen molar-refractivity contribution in [2.24, 2.45) is 34.0 Å². The van der Waals surface area contributed by atoms with E-state index in [1.807, 2.05) is 105 Å². The van der Waals surface area contributed by atoms with E-state index in [1.54, 1.807) is 26.0 Å². The van der Waals surface area contributed by atoms with E-state index in [0.717, 1.165) is 56.9 Å². The van der Waals surface area contributed by atoms with Crippen LogP contribution in [0.3, 0.4) is 0 Å². The topological polar surface area (TPSA) is 118 Å². The summed E-state index contributed by atoms with van der Waals surface area (Å²) in [4.78, 5) is 36.4. The molecule has 0 saturated heterocycles. The minimum atomic E-state index is -0.521. The highest BCUT2D eigenvalue weighted by atomic mass is 16.7. The van der Waals surface area contributed by atoms with E-state index in [4.69, 9.17) is 28.8 Å². The number of carbonyl (C=O) groups excluding carboxylic acids is 3. The Balaban J connectivity index is 0.000000502. The Morgan fingerprint density at radius 3 is 1.29 bits per heavy atom. The zero-order chi connectivity index (χ0) is 45.0. The SMILES string of the molecule is CCC(C)(C)C(=O)OC(C)OCC1CCC(COC(C)OC(=O)C(C)(C)CC)CC1.CCC(C)(C)C(=O)OC(c1ccccc1)C(C)C.CCC(C)c1ccc(O)cc1. The number of carbonyl (C=O) groups is 3. The summed E-state index contributed by atoms with van der Waals surface area (Å²) in [7, 11) is 0. The van der Waals surface area contributed by atoms with Crippen molar-refractivity contribution in [2.45, 2.75) is 180 Å². The van der Waals surface area contributed by atoms with Gasteiger partial charge in [-0.15, -0.1) is 0 Å². The lowest BCUT2D eigenvalue weighted by atomic mass is 9.83. The molecule has 0 aliphatic heterocycles. The average molecular weight is 827 g/mol. The molecule has 1 saturated carbocycles. The highest BCUT2D eigenvalue weighted by Crippen LogP contribution is 2.32.